The van der Waals surface area contributed by atoms with Gasteiger partial charge in [-0.25, -0.2) is 22.9 Å². The van der Waals surface area contributed by atoms with Gasteiger partial charge in [0.05, 0.1) is 7.11 Å². The molecule has 1 fully saturated rings. The normalized spacial score (nSPS) is 21.4. The van der Waals surface area contributed by atoms with Gasteiger partial charge in [0, 0.05) is 29.4 Å². The highest BCUT2D eigenvalue weighted by molar-refractivity contribution is 7.89. The topological polar surface area (TPSA) is 111 Å². The number of primary sulfonamides is 1. The van der Waals surface area contributed by atoms with E-state index in [1.54, 1.807) is 0 Å². The van der Waals surface area contributed by atoms with E-state index in [1.807, 2.05) is 0 Å². The molecule has 0 saturated heterocycles. The van der Waals surface area contributed by atoms with E-state index >= 15 is 0 Å². The molecule has 1 amide bonds. The number of hydrogen-bond acceptors (Lipinski definition) is 5. The number of carbonyl (C=O) groups is 1. The second kappa shape index (κ2) is 9.50. The number of nitrogens with one attached hydrogen (secondary N) is 1. The number of anilines is 1. The Labute approximate surface area is 186 Å². The predicted octanol–water partition coefficient (Wildman–Crippen LogP) is 3.81. The molecule has 10 heteroatoms. The number of aromatic nitrogens is 1. The molecule has 0 bridgehead atoms. The van der Waals surface area contributed by atoms with Gasteiger partial charge in [0.1, 0.15) is 0 Å². The summed E-state index contributed by atoms with van der Waals surface area (Å²) in [6, 6.07) is 5.15. The van der Waals surface area contributed by atoms with Crippen molar-refractivity contribution in [1.82, 2.24) is 4.98 Å². The van der Waals surface area contributed by atoms with Gasteiger partial charge in [-0.05, 0) is 49.1 Å². The number of sulfonamides is 1. The molecule has 0 radical (unpaired) electrons. The van der Waals surface area contributed by atoms with Crippen LogP contribution in [0.2, 0.25) is 0 Å². The van der Waals surface area contributed by atoms with E-state index in [1.165, 1.54) is 31.5 Å². The van der Waals surface area contributed by atoms with Gasteiger partial charge in [0.15, 0.2) is 16.6 Å². The lowest BCUT2D eigenvalue weighted by atomic mass is 9.68. The molecule has 1 saturated carbocycles. The van der Waals surface area contributed by atoms with Crippen LogP contribution in [0.4, 0.5) is 14.5 Å². The summed E-state index contributed by atoms with van der Waals surface area (Å²) in [4.78, 5) is 17.0. The van der Waals surface area contributed by atoms with Crippen LogP contribution in [0.15, 0.2) is 35.5 Å². The summed E-state index contributed by atoms with van der Waals surface area (Å²) in [5.41, 5.74) is 0.672. The van der Waals surface area contributed by atoms with Crippen molar-refractivity contribution in [2.45, 2.75) is 44.1 Å². The molecule has 2 aromatic rings. The van der Waals surface area contributed by atoms with Crippen molar-refractivity contribution in [1.29, 1.82) is 0 Å². The number of hydrogen-bond donors (Lipinski definition) is 2. The van der Waals surface area contributed by atoms with E-state index < -0.39 is 33.5 Å². The Morgan fingerprint density at radius 1 is 1.25 bits per heavy atom. The van der Waals surface area contributed by atoms with Crippen LogP contribution < -0.4 is 15.2 Å². The first-order chi connectivity index (χ1) is 15.0. The Kier molecular flexibility index (Phi) is 7.14. The summed E-state index contributed by atoms with van der Waals surface area (Å²) >= 11 is 0. The number of nitrogens with two attached hydrogens (primary N) is 1. The van der Waals surface area contributed by atoms with Crippen molar-refractivity contribution < 1.29 is 26.7 Å². The maximum Gasteiger partial charge on any atom is 0.255 e. The number of amides is 1. The SMILES string of the molecule is COc1c(C2CCC(C(C)C)CC2C(=O)Nc2ccnc(S(N)(=O)=O)c2)ccc(F)c1F. The molecule has 1 aromatic carbocycles. The van der Waals surface area contributed by atoms with E-state index in [-0.39, 0.29) is 28.3 Å². The number of carbonyl (C=O) groups excluding carboxylic acids is 1. The number of halogens is 2. The number of pyridine rings is 1. The largest absolute Gasteiger partial charge is 0.493 e. The first-order valence-corrected chi connectivity index (χ1v) is 11.9. The highest BCUT2D eigenvalue weighted by Gasteiger charge is 2.39. The number of nitrogens with zero attached hydrogens (tertiary/aromatic N) is 1. The molecule has 1 aromatic heterocycles. The summed E-state index contributed by atoms with van der Waals surface area (Å²) < 4.78 is 56.4. The molecule has 7 nitrogen and oxygen atoms in total. The van der Waals surface area contributed by atoms with E-state index in [9.17, 15) is 22.0 Å². The van der Waals surface area contributed by atoms with Crippen LogP contribution >= 0.6 is 0 Å². The molecule has 1 aliphatic carbocycles. The maximum absolute atomic E-state index is 14.4. The standard InChI is InChI=1S/C22H27F2N3O4S/c1-12(2)13-4-5-15(16-6-7-18(23)20(24)21(16)31-3)17(10-13)22(28)27-14-8-9-26-19(11-14)32(25,29)30/h6-9,11-13,15,17H,4-5,10H2,1-3H3,(H2,25,29,30)(H,26,27,28). The molecular formula is C22H27F2N3O4S. The number of ether oxygens (including phenoxy) is 1. The van der Waals surface area contributed by atoms with Crippen molar-refractivity contribution in [3.05, 3.63) is 47.7 Å². The van der Waals surface area contributed by atoms with Gasteiger partial charge in [0.25, 0.3) is 10.0 Å². The zero-order chi connectivity index (χ0) is 23.6. The average molecular weight is 468 g/mol. The fourth-order valence-corrected chi connectivity index (χ4v) is 4.89. The van der Waals surface area contributed by atoms with Crippen molar-refractivity contribution in [2.75, 3.05) is 12.4 Å². The number of benzene rings is 1. The van der Waals surface area contributed by atoms with Gasteiger partial charge in [-0.2, -0.15) is 4.39 Å². The predicted molar refractivity (Wildman–Crippen MR) is 116 cm³/mol. The summed E-state index contributed by atoms with van der Waals surface area (Å²) in [5, 5.41) is 7.50. The van der Waals surface area contributed by atoms with Gasteiger partial charge >= 0.3 is 0 Å². The van der Waals surface area contributed by atoms with Crippen molar-refractivity contribution >= 4 is 21.6 Å². The van der Waals surface area contributed by atoms with Gasteiger partial charge in [-0.1, -0.05) is 19.9 Å². The minimum Gasteiger partial charge on any atom is -0.493 e. The zero-order valence-corrected chi connectivity index (χ0v) is 19.0. The van der Waals surface area contributed by atoms with Crippen molar-refractivity contribution in [3.8, 4) is 5.75 Å². The Morgan fingerprint density at radius 3 is 2.59 bits per heavy atom. The van der Waals surface area contributed by atoms with E-state index in [0.29, 0.717) is 24.3 Å². The lowest BCUT2D eigenvalue weighted by Gasteiger charge is -2.37. The summed E-state index contributed by atoms with van der Waals surface area (Å²) in [7, 11) is -2.77. The molecule has 3 N–H and O–H groups in total. The van der Waals surface area contributed by atoms with Crippen LogP contribution in [-0.2, 0) is 14.8 Å². The average Bonchev–Trinajstić information content (AvgIpc) is 2.74. The van der Waals surface area contributed by atoms with Crippen molar-refractivity contribution in [3.63, 3.8) is 0 Å². The summed E-state index contributed by atoms with van der Waals surface area (Å²) in [6.45, 7) is 4.17. The van der Waals surface area contributed by atoms with Crippen molar-refractivity contribution in [2.24, 2.45) is 22.9 Å². The molecule has 1 aliphatic rings. The number of methoxy groups -OCH3 is 1. The monoisotopic (exact) mass is 467 g/mol. The maximum atomic E-state index is 14.4. The minimum atomic E-state index is -4.03. The van der Waals surface area contributed by atoms with Gasteiger partial charge in [-0.3, -0.25) is 4.79 Å². The van der Waals surface area contributed by atoms with E-state index in [4.69, 9.17) is 9.88 Å². The molecule has 0 aliphatic heterocycles. The fraction of sp³-hybridized carbons (Fsp3) is 0.455. The van der Waals surface area contributed by atoms with E-state index in [0.717, 1.165) is 12.5 Å². The lowest BCUT2D eigenvalue weighted by molar-refractivity contribution is -0.122. The number of rotatable bonds is 6. The second-order valence-corrected chi connectivity index (χ2v) is 9.94. The Hall–Kier alpha value is -2.59. The van der Waals surface area contributed by atoms with Crippen LogP contribution in [0, 0.1) is 29.4 Å². The third kappa shape index (κ3) is 5.07. The fourth-order valence-electron chi connectivity index (χ4n) is 4.39. The highest BCUT2D eigenvalue weighted by atomic mass is 32.2. The first kappa shape index (κ1) is 24.1. The lowest BCUT2D eigenvalue weighted by Crippen LogP contribution is -2.35. The van der Waals surface area contributed by atoms with Crippen LogP contribution in [0.25, 0.3) is 0 Å². The molecule has 3 rings (SSSR count). The third-order valence-electron chi connectivity index (χ3n) is 6.15. The van der Waals surface area contributed by atoms with Crippen LogP contribution in [0.3, 0.4) is 0 Å². The molecule has 32 heavy (non-hydrogen) atoms. The van der Waals surface area contributed by atoms with Gasteiger partial charge < -0.3 is 10.1 Å². The van der Waals surface area contributed by atoms with Crippen LogP contribution in [0.1, 0.15) is 44.6 Å². The minimum absolute atomic E-state index is 0.198. The Bertz CT molecular complexity index is 1110. The highest BCUT2D eigenvalue weighted by Crippen LogP contribution is 2.46. The molecule has 3 atom stereocenters. The smallest absolute Gasteiger partial charge is 0.255 e. The van der Waals surface area contributed by atoms with Crippen LogP contribution in [0.5, 0.6) is 5.75 Å². The summed E-state index contributed by atoms with van der Waals surface area (Å²) in [6.07, 6.45) is 3.21. The Morgan fingerprint density at radius 2 is 1.97 bits per heavy atom. The molecule has 174 valence electrons. The first-order valence-electron chi connectivity index (χ1n) is 10.3. The molecule has 0 spiro atoms. The van der Waals surface area contributed by atoms with Gasteiger partial charge in [-0.15, -0.1) is 0 Å². The molecule has 3 unspecified atom stereocenters. The molecular weight excluding hydrogens is 440 g/mol. The molecule has 1 heterocycles. The third-order valence-corrected chi connectivity index (χ3v) is 6.95. The van der Waals surface area contributed by atoms with Crippen LogP contribution in [-0.4, -0.2) is 26.4 Å². The van der Waals surface area contributed by atoms with E-state index in [2.05, 4.69) is 24.1 Å². The zero-order valence-electron chi connectivity index (χ0n) is 18.1. The Balaban J connectivity index is 1.96. The second-order valence-electron chi connectivity index (χ2n) is 8.43. The summed E-state index contributed by atoms with van der Waals surface area (Å²) in [5.74, 6) is -2.98. The van der Waals surface area contributed by atoms with Gasteiger partial charge in [0.2, 0.25) is 11.7 Å². The quantitative estimate of drug-likeness (QED) is 0.671.